The Kier molecular flexibility index (Phi) is 4.01. The second-order valence-corrected chi connectivity index (χ2v) is 8.41. The second kappa shape index (κ2) is 5.72. The van der Waals surface area contributed by atoms with E-state index in [4.69, 9.17) is 9.47 Å². The summed E-state index contributed by atoms with van der Waals surface area (Å²) in [6.45, 7) is 1.61. The fourth-order valence-electron chi connectivity index (χ4n) is 2.62. The molecule has 1 aliphatic heterocycles. The average Bonchev–Trinajstić information content (AvgIpc) is 2.53. The molecule has 0 radical (unpaired) electrons. The Balaban J connectivity index is 2.16. The van der Waals surface area contributed by atoms with Gasteiger partial charge in [0.2, 0.25) is 0 Å². The molecule has 23 heavy (non-hydrogen) atoms. The number of sulfone groups is 1. The number of hydrogen-bond acceptors (Lipinski definition) is 5. The Labute approximate surface area is 142 Å². The summed E-state index contributed by atoms with van der Waals surface area (Å²) in [5, 5.41) is 8.86. The van der Waals surface area contributed by atoms with Crippen LogP contribution >= 0.6 is 15.9 Å². The van der Waals surface area contributed by atoms with Gasteiger partial charge in [-0.1, -0.05) is 12.1 Å². The molecule has 0 aliphatic carbocycles. The van der Waals surface area contributed by atoms with Gasteiger partial charge in [0, 0.05) is 0 Å². The fraction of sp³-hybridized carbons (Fsp3) is 0.250. The third-order valence-corrected chi connectivity index (χ3v) is 6.73. The maximum absolute atomic E-state index is 12.8. The molecule has 0 saturated carbocycles. The Morgan fingerprint density at radius 3 is 2.65 bits per heavy atom. The van der Waals surface area contributed by atoms with E-state index >= 15 is 0 Å². The van der Waals surface area contributed by atoms with Gasteiger partial charge in [-0.2, -0.15) is 0 Å². The van der Waals surface area contributed by atoms with Crippen LogP contribution in [-0.4, -0.2) is 25.9 Å². The van der Waals surface area contributed by atoms with Crippen LogP contribution in [0.1, 0.15) is 18.6 Å². The van der Waals surface area contributed by atoms with Crippen LogP contribution in [0, 0.1) is 0 Å². The zero-order valence-corrected chi connectivity index (χ0v) is 14.9. The van der Waals surface area contributed by atoms with Crippen LogP contribution in [0.5, 0.6) is 17.2 Å². The summed E-state index contributed by atoms with van der Waals surface area (Å²) in [5.74, 6) is 0.682. The number of para-hydroxylation sites is 1. The van der Waals surface area contributed by atoms with Gasteiger partial charge in [0.1, 0.15) is 22.0 Å². The van der Waals surface area contributed by atoms with E-state index in [0.29, 0.717) is 15.8 Å². The zero-order chi connectivity index (χ0) is 16.8. The Hall–Kier alpha value is -1.73. The van der Waals surface area contributed by atoms with E-state index in [-0.39, 0.29) is 16.4 Å². The van der Waals surface area contributed by atoms with Gasteiger partial charge >= 0.3 is 0 Å². The minimum Gasteiger partial charge on any atom is -0.507 e. The summed E-state index contributed by atoms with van der Waals surface area (Å²) in [7, 11) is -2.09. The van der Waals surface area contributed by atoms with Crippen LogP contribution in [0.25, 0.3) is 0 Å². The Morgan fingerprint density at radius 1 is 1.26 bits per heavy atom. The van der Waals surface area contributed by atoms with E-state index < -0.39 is 21.2 Å². The highest BCUT2D eigenvalue weighted by Crippen LogP contribution is 2.46. The summed E-state index contributed by atoms with van der Waals surface area (Å²) >= 11 is 3.24. The lowest BCUT2D eigenvalue weighted by atomic mass is 10.1. The number of ether oxygens (including phenoxy) is 2. The molecule has 0 unspecified atom stereocenters. The van der Waals surface area contributed by atoms with Gasteiger partial charge in [-0.15, -0.1) is 0 Å². The van der Waals surface area contributed by atoms with Crippen molar-refractivity contribution >= 4 is 25.8 Å². The molecule has 7 heteroatoms. The van der Waals surface area contributed by atoms with Crippen LogP contribution in [-0.2, 0) is 9.84 Å². The quantitative estimate of drug-likeness (QED) is 0.838. The molecule has 1 aliphatic rings. The molecule has 0 amide bonds. The number of hydrogen-bond donors (Lipinski definition) is 1. The van der Waals surface area contributed by atoms with E-state index in [1.807, 2.05) is 0 Å². The third-order valence-electron chi connectivity index (χ3n) is 3.93. The van der Waals surface area contributed by atoms with Crippen molar-refractivity contribution in [2.24, 2.45) is 0 Å². The maximum Gasteiger partial charge on any atom is 0.188 e. The topological polar surface area (TPSA) is 72.8 Å². The molecular weight excluding hydrogens is 384 g/mol. The number of methoxy groups -OCH3 is 1. The molecule has 0 bridgehead atoms. The number of phenols is 1. The number of aromatic hydroxyl groups is 1. The SMILES string of the molecule is COc1cccc2c1O[C@@H](c1ccc(O)c(Br)c1)[C@H](C)S2(=O)=O. The lowest BCUT2D eigenvalue weighted by Gasteiger charge is -2.32. The molecule has 0 spiro atoms. The molecular formula is C16H15BrO5S. The van der Waals surface area contributed by atoms with Crippen LogP contribution in [0.4, 0.5) is 0 Å². The highest BCUT2D eigenvalue weighted by atomic mass is 79.9. The molecule has 0 fully saturated rings. The maximum atomic E-state index is 12.8. The summed E-state index contributed by atoms with van der Waals surface area (Å²) < 4.78 is 37.3. The first kappa shape index (κ1) is 16.1. The first-order chi connectivity index (χ1) is 10.9. The van der Waals surface area contributed by atoms with Gasteiger partial charge < -0.3 is 14.6 Å². The molecule has 1 heterocycles. The molecule has 2 atom stereocenters. The average molecular weight is 399 g/mol. The number of phenolic OH excluding ortho intramolecular Hbond substituents is 1. The predicted molar refractivity (Wildman–Crippen MR) is 88.8 cm³/mol. The van der Waals surface area contributed by atoms with Crippen molar-refractivity contribution in [3.05, 3.63) is 46.4 Å². The summed E-state index contributed by atoms with van der Waals surface area (Å²) in [6, 6.07) is 9.62. The minimum absolute atomic E-state index is 0.0815. The normalized spacial score (nSPS) is 22.0. The number of fused-ring (bicyclic) bond motifs is 1. The fourth-order valence-corrected chi connectivity index (χ4v) is 4.63. The van der Waals surface area contributed by atoms with E-state index in [9.17, 15) is 13.5 Å². The molecule has 5 nitrogen and oxygen atoms in total. The van der Waals surface area contributed by atoms with Crippen LogP contribution in [0.3, 0.4) is 0 Å². The van der Waals surface area contributed by atoms with Gasteiger partial charge in [0.15, 0.2) is 21.3 Å². The van der Waals surface area contributed by atoms with Gasteiger partial charge in [-0.05, 0) is 52.7 Å². The van der Waals surface area contributed by atoms with Gasteiger partial charge in [0.05, 0.1) is 11.6 Å². The van der Waals surface area contributed by atoms with E-state index in [1.165, 1.54) is 19.2 Å². The third kappa shape index (κ3) is 2.57. The lowest BCUT2D eigenvalue weighted by molar-refractivity contribution is 0.180. The molecule has 2 aromatic carbocycles. The first-order valence-electron chi connectivity index (χ1n) is 6.92. The number of halogens is 1. The monoisotopic (exact) mass is 398 g/mol. The standard InChI is InChI=1S/C16H15BrO5S/c1-9-15(10-6-7-12(18)11(17)8-10)22-16-13(21-2)4-3-5-14(16)23(9,19)20/h3-9,15,18H,1-2H3/t9-,15+/m0/s1. The molecule has 1 N–H and O–H groups in total. The number of rotatable bonds is 2. The molecule has 2 aromatic rings. The summed E-state index contributed by atoms with van der Waals surface area (Å²) in [5.41, 5.74) is 0.655. The Bertz CT molecular complexity index is 863. The Morgan fingerprint density at radius 2 is 2.00 bits per heavy atom. The molecule has 0 aromatic heterocycles. The minimum atomic E-state index is -3.56. The lowest BCUT2D eigenvalue weighted by Crippen LogP contribution is -2.34. The number of benzene rings is 2. The highest BCUT2D eigenvalue weighted by Gasteiger charge is 2.41. The van der Waals surface area contributed by atoms with Crippen LogP contribution < -0.4 is 9.47 Å². The van der Waals surface area contributed by atoms with Crippen molar-refractivity contribution in [3.8, 4) is 17.2 Å². The van der Waals surface area contributed by atoms with Crippen molar-refractivity contribution in [2.75, 3.05) is 7.11 Å². The van der Waals surface area contributed by atoms with Gasteiger partial charge in [-0.3, -0.25) is 0 Å². The van der Waals surface area contributed by atoms with Gasteiger partial charge in [-0.25, -0.2) is 8.42 Å². The molecule has 0 saturated heterocycles. The van der Waals surface area contributed by atoms with Crippen molar-refractivity contribution < 1.29 is 23.0 Å². The molecule has 122 valence electrons. The van der Waals surface area contributed by atoms with E-state index in [1.54, 1.807) is 31.2 Å². The van der Waals surface area contributed by atoms with E-state index in [0.717, 1.165) is 0 Å². The largest absolute Gasteiger partial charge is 0.507 e. The van der Waals surface area contributed by atoms with Crippen molar-refractivity contribution in [1.29, 1.82) is 0 Å². The second-order valence-electron chi connectivity index (χ2n) is 5.29. The van der Waals surface area contributed by atoms with Crippen molar-refractivity contribution in [1.82, 2.24) is 0 Å². The predicted octanol–water partition coefficient (Wildman–Crippen LogP) is 3.46. The highest BCUT2D eigenvalue weighted by molar-refractivity contribution is 9.10. The van der Waals surface area contributed by atoms with Gasteiger partial charge in [0.25, 0.3) is 0 Å². The van der Waals surface area contributed by atoms with Crippen molar-refractivity contribution in [2.45, 2.75) is 23.2 Å². The van der Waals surface area contributed by atoms with Crippen LogP contribution in [0.15, 0.2) is 45.8 Å². The summed E-state index contributed by atoms with van der Waals surface area (Å²) in [6.07, 6.45) is -0.694. The smallest absolute Gasteiger partial charge is 0.188 e. The summed E-state index contributed by atoms with van der Waals surface area (Å²) in [4.78, 5) is 0.137. The van der Waals surface area contributed by atoms with E-state index in [2.05, 4.69) is 15.9 Å². The van der Waals surface area contributed by atoms with Crippen LogP contribution in [0.2, 0.25) is 0 Å². The zero-order valence-electron chi connectivity index (χ0n) is 12.5. The molecule has 3 rings (SSSR count). The first-order valence-corrected chi connectivity index (χ1v) is 9.26. The van der Waals surface area contributed by atoms with Crippen molar-refractivity contribution in [3.63, 3.8) is 0 Å².